The van der Waals surface area contributed by atoms with Crippen LogP contribution < -0.4 is 15.4 Å². The number of pyridine rings is 1. The Balaban J connectivity index is 1.90. The summed E-state index contributed by atoms with van der Waals surface area (Å²) in [6, 6.07) is 6.07. The number of nitrogens with zero attached hydrogens (tertiary/aromatic N) is 1. The first-order valence-electron chi connectivity index (χ1n) is 6.22. The van der Waals surface area contributed by atoms with E-state index in [0.29, 0.717) is 0 Å². The summed E-state index contributed by atoms with van der Waals surface area (Å²) < 4.78 is 41.4. The van der Waals surface area contributed by atoms with Crippen LogP contribution in [0, 0.1) is 5.82 Å². The number of nitrogens with one attached hydrogen (secondary N) is 2. The van der Waals surface area contributed by atoms with Crippen LogP contribution in [0.2, 0.25) is 0 Å². The number of amides is 2. The molecule has 2 rings (SSSR count). The van der Waals surface area contributed by atoms with Crippen molar-refractivity contribution in [2.75, 3.05) is 5.32 Å². The summed E-state index contributed by atoms with van der Waals surface area (Å²) in [5.74, 6) is -1.58. The van der Waals surface area contributed by atoms with Gasteiger partial charge in [-0.2, -0.15) is 8.78 Å². The van der Waals surface area contributed by atoms with Crippen LogP contribution in [0.5, 0.6) is 5.75 Å². The fraction of sp³-hybridized carbons (Fsp3) is 0.143. The molecule has 2 amide bonds. The number of hydrogen-bond acceptors (Lipinski definition) is 3. The van der Waals surface area contributed by atoms with Crippen molar-refractivity contribution in [3.8, 4) is 5.75 Å². The second-order valence-electron chi connectivity index (χ2n) is 4.19. The van der Waals surface area contributed by atoms with Gasteiger partial charge in [0.25, 0.3) is 0 Å². The van der Waals surface area contributed by atoms with Gasteiger partial charge in [-0.05, 0) is 29.8 Å². The van der Waals surface area contributed by atoms with Gasteiger partial charge in [0.05, 0.1) is 0 Å². The smallest absolute Gasteiger partial charge is 0.387 e. The first-order chi connectivity index (χ1) is 10.5. The summed E-state index contributed by atoms with van der Waals surface area (Å²) in [6.07, 6.45) is 3.18. The Labute approximate surface area is 124 Å². The van der Waals surface area contributed by atoms with Gasteiger partial charge in [-0.3, -0.25) is 4.98 Å². The quantitative estimate of drug-likeness (QED) is 0.891. The van der Waals surface area contributed by atoms with Crippen molar-refractivity contribution < 1.29 is 22.7 Å². The van der Waals surface area contributed by atoms with E-state index in [9.17, 15) is 18.0 Å². The van der Waals surface area contributed by atoms with Crippen LogP contribution in [-0.4, -0.2) is 17.6 Å². The summed E-state index contributed by atoms with van der Waals surface area (Å²) >= 11 is 0. The number of rotatable bonds is 5. The van der Waals surface area contributed by atoms with Gasteiger partial charge in [0.2, 0.25) is 0 Å². The molecule has 1 heterocycles. The van der Waals surface area contributed by atoms with Crippen molar-refractivity contribution in [1.29, 1.82) is 0 Å². The fourth-order valence-electron chi connectivity index (χ4n) is 1.63. The third-order valence-corrected chi connectivity index (χ3v) is 2.61. The Morgan fingerprint density at radius 1 is 1.23 bits per heavy atom. The van der Waals surface area contributed by atoms with E-state index in [2.05, 4.69) is 20.4 Å². The maximum absolute atomic E-state index is 13.5. The van der Waals surface area contributed by atoms with Gasteiger partial charge in [0, 0.05) is 30.7 Å². The van der Waals surface area contributed by atoms with E-state index in [0.717, 1.165) is 17.7 Å². The van der Waals surface area contributed by atoms with E-state index in [1.54, 1.807) is 24.5 Å². The zero-order chi connectivity index (χ0) is 15.9. The van der Waals surface area contributed by atoms with Gasteiger partial charge in [0.1, 0.15) is 0 Å². The SMILES string of the molecule is O=C(NCc1ccncc1)Nc1ccc(OC(F)F)c(F)c1. The molecule has 0 unspecified atom stereocenters. The molecule has 0 radical (unpaired) electrons. The van der Waals surface area contributed by atoms with E-state index in [1.807, 2.05) is 0 Å². The molecule has 116 valence electrons. The molecule has 0 aliphatic carbocycles. The lowest BCUT2D eigenvalue weighted by atomic mass is 10.3. The molecule has 0 saturated heterocycles. The van der Waals surface area contributed by atoms with Gasteiger partial charge in [0.15, 0.2) is 11.6 Å². The second-order valence-corrected chi connectivity index (χ2v) is 4.19. The van der Waals surface area contributed by atoms with E-state index < -0.39 is 24.2 Å². The van der Waals surface area contributed by atoms with Crippen LogP contribution in [-0.2, 0) is 6.54 Å². The molecule has 0 fully saturated rings. The molecule has 0 bridgehead atoms. The molecule has 0 atom stereocenters. The van der Waals surface area contributed by atoms with Crippen molar-refractivity contribution in [3.63, 3.8) is 0 Å². The van der Waals surface area contributed by atoms with E-state index >= 15 is 0 Å². The predicted octanol–water partition coefficient (Wildman–Crippen LogP) is 3.14. The van der Waals surface area contributed by atoms with Gasteiger partial charge in [-0.25, -0.2) is 9.18 Å². The maximum atomic E-state index is 13.5. The van der Waals surface area contributed by atoms with Crippen LogP contribution in [0.4, 0.5) is 23.7 Å². The molecule has 1 aromatic carbocycles. The average Bonchev–Trinajstić information content (AvgIpc) is 2.49. The standard InChI is InChI=1S/C14H12F3N3O2/c15-11-7-10(1-2-12(11)22-13(16)17)20-14(21)19-8-9-3-5-18-6-4-9/h1-7,13H,8H2,(H2,19,20,21). The lowest BCUT2D eigenvalue weighted by Crippen LogP contribution is -2.28. The molecule has 22 heavy (non-hydrogen) atoms. The largest absolute Gasteiger partial charge is 0.432 e. The Bertz CT molecular complexity index is 638. The first kappa shape index (κ1) is 15.6. The summed E-state index contributed by atoms with van der Waals surface area (Å²) in [7, 11) is 0. The monoisotopic (exact) mass is 311 g/mol. The van der Waals surface area contributed by atoms with Crippen molar-refractivity contribution >= 4 is 11.7 Å². The van der Waals surface area contributed by atoms with Crippen molar-refractivity contribution in [2.24, 2.45) is 0 Å². The lowest BCUT2D eigenvalue weighted by molar-refractivity contribution is -0.0521. The maximum Gasteiger partial charge on any atom is 0.387 e. The van der Waals surface area contributed by atoms with Gasteiger partial charge in [-0.15, -0.1) is 0 Å². The van der Waals surface area contributed by atoms with Crippen LogP contribution in [0.15, 0.2) is 42.7 Å². The Morgan fingerprint density at radius 2 is 1.95 bits per heavy atom. The Morgan fingerprint density at radius 3 is 2.59 bits per heavy atom. The zero-order valence-corrected chi connectivity index (χ0v) is 11.2. The molecule has 2 aromatic rings. The Hall–Kier alpha value is -2.77. The van der Waals surface area contributed by atoms with Gasteiger partial charge in [-0.1, -0.05) is 0 Å². The minimum Gasteiger partial charge on any atom is -0.432 e. The number of aromatic nitrogens is 1. The molecular weight excluding hydrogens is 299 g/mol. The first-order valence-corrected chi connectivity index (χ1v) is 6.22. The molecule has 8 heteroatoms. The number of alkyl halides is 2. The minimum absolute atomic E-state index is 0.117. The molecule has 5 nitrogen and oxygen atoms in total. The zero-order valence-electron chi connectivity index (χ0n) is 11.2. The average molecular weight is 311 g/mol. The topological polar surface area (TPSA) is 63.2 Å². The molecule has 0 aliphatic heterocycles. The van der Waals surface area contributed by atoms with Crippen molar-refractivity contribution in [2.45, 2.75) is 13.2 Å². The fourth-order valence-corrected chi connectivity index (χ4v) is 1.63. The molecule has 0 saturated carbocycles. The highest BCUT2D eigenvalue weighted by Gasteiger charge is 2.11. The molecule has 2 N–H and O–H groups in total. The number of anilines is 1. The summed E-state index contributed by atoms with van der Waals surface area (Å²) in [6.45, 7) is -2.85. The second kappa shape index (κ2) is 7.30. The van der Waals surface area contributed by atoms with Crippen LogP contribution in [0.3, 0.4) is 0 Å². The van der Waals surface area contributed by atoms with E-state index in [1.165, 1.54) is 6.07 Å². The van der Waals surface area contributed by atoms with Crippen LogP contribution in [0.1, 0.15) is 5.56 Å². The predicted molar refractivity (Wildman–Crippen MR) is 73.1 cm³/mol. The Kier molecular flexibility index (Phi) is 5.18. The lowest BCUT2D eigenvalue weighted by Gasteiger charge is -2.10. The third-order valence-electron chi connectivity index (χ3n) is 2.61. The number of halogens is 3. The van der Waals surface area contributed by atoms with Gasteiger partial charge < -0.3 is 15.4 Å². The molecule has 0 aliphatic rings. The van der Waals surface area contributed by atoms with Crippen molar-refractivity contribution in [1.82, 2.24) is 10.3 Å². The molecular formula is C14H12F3N3O2. The number of ether oxygens (including phenoxy) is 1. The third kappa shape index (κ3) is 4.65. The van der Waals surface area contributed by atoms with Crippen LogP contribution in [0.25, 0.3) is 0 Å². The highest BCUT2D eigenvalue weighted by Crippen LogP contribution is 2.22. The summed E-state index contributed by atoms with van der Waals surface area (Å²) in [5.41, 5.74) is 0.961. The summed E-state index contributed by atoms with van der Waals surface area (Å²) in [4.78, 5) is 15.5. The van der Waals surface area contributed by atoms with E-state index in [4.69, 9.17) is 0 Å². The number of urea groups is 1. The number of carbonyl (C=O) groups is 1. The highest BCUT2D eigenvalue weighted by atomic mass is 19.3. The molecule has 0 spiro atoms. The molecule has 1 aromatic heterocycles. The highest BCUT2D eigenvalue weighted by molar-refractivity contribution is 5.89. The normalized spacial score (nSPS) is 10.4. The van der Waals surface area contributed by atoms with Gasteiger partial charge >= 0.3 is 12.6 Å². The number of benzene rings is 1. The number of hydrogen-bond donors (Lipinski definition) is 2. The number of carbonyl (C=O) groups excluding carboxylic acids is 1. The minimum atomic E-state index is -3.11. The van der Waals surface area contributed by atoms with E-state index in [-0.39, 0.29) is 12.2 Å². The summed E-state index contributed by atoms with van der Waals surface area (Å²) in [5, 5.41) is 4.95. The van der Waals surface area contributed by atoms with Crippen molar-refractivity contribution in [3.05, 3.63) is 54.1 Å². The van der Waals surface area contributed by atoms with Crippen LogP contribution >= 0.6 is 0 Å².